The van der Waals surface area contributed by atoms with E-state index in [-0.39, 0.29) is 0 Å². The zero-order valence-electron chi connectivity index (χ0n) is 8.55. The lowest BCUT2D eigenvalue weighted by molar-refractivity contribution is -0.161. The highest BCUT2D eigenvalue weighted by Crippen LogP contribution is 2.04. The summed E-state index contributed by atoms with van der Waals surface area (Å²) in [7, 11) is 6.53. The zero-order chi connectivity index (χ0) is 11.3. The quantitative estimate of drug-likeness (QED) is 0.416. The van der Waals surface area contributed by atoms with Gasteiger partial charge in [-0.3, -0.25) is 10.0 Å². The summed E-state index contributed by atoms with van der Waals surface area (Å²) in [5, 5.41) is 11.9. The van der Waals surface area contributed by atoms with Gasteiger partial charge in [0.2, 0.25) is 0 Å². The van der Waals surface area contributed by atoms with Crippen molar-refractivity contribution in [1.82, 2.24) is 10.3 Å². The SMILES string of the molecule is [B]N[C@@H](Cc1ccccc1)C(=O)N(C)O. The van der Waals surface area contributed by atoms with E-state index in [4.69, 9.17) is 13.2 Å². The maximum Gasteiger partial charge on any atom is 0.262 e. The molecule has 5 heteroatoms. The Bertz CT molecular complexity index is 316. The van der Waals surface area contributed by atoms with Crippen LogP contribution in [0.1, 0.15) is 5.56 Å². The van der Waals surface area contributed by atoms with Crippen molar-refractivity contribution in [3.8, 4) is 0 Å². The van der Waals surface area contributed by atoms with Gasteiger partial charge >= 0.3 is 0 Å². The standard InChI is InChI=1S/C10H13BN2O2/c1-13(15)10(14)9(12-11)7-8-5-3-2-4-6-8/h2-6,9,12,15H,7H2,1H3/t9-/m0/s1. The first-order chi connectivity index (χ1) is 7.15. The van der Waals surface area contributed by atoms with Crippen LogP contribution >= 0.6 is 0 Å². The Morgan fingerprint density at radius 2 is 2.13 bits per heavy atom. The molecule has 1 rings (SSSR count). The Morgan fingerprint density at radius 1 is 1.53 bits per heavy atom. The van der Waals surface area contributed by atoms with E-state index in [1.807, 2.05) is 30.3 Å². The molecule has 0 aromatic heterocycles. The first kappa shape index (κ1) is 11.7. The minimum absolute atomic E-state index is 0.446. The van der Waals surface area contributed by atoms with Crippen LogP contribution in [-0.4, -0.2) is 37.2 Å². The summed E-state index contributed by atoms with van der Waals surface area (Å²) in [6.45, 7) is 0. The summed E-state index contributed by atoms with van der Waals surface area (Å²) < 4.78 is 0. The van der Waals surface area contributed by atoms with E-state index in [1.165, 1.54) is 7.05 Å². The van der Waals surface area contributed by atoms with Crippen molar-refractivity contribution in [3.05, 3.63) is 35.9 Å². The van der Waals surface area contributed by atoms with E-state index in [2.05, 4.69) is 5.23 Å². The van der Waals surface area contributed by atoms with E-state index >= 15 is 0 Å². The number of likely N-dealkylation sites (N-methyl/N-ethyl adjacent to an activating group) is 1. The number of hydrogen-bond donors (Lipinski definition) is 2. The predicted molar refractivity (Wildman–Crippen MR) is 57.4 cm³/mol. The van der Waals surface area contributed by atoms with Gasteiger partial charge in [-0.15, -0.1) is 0 Å². The molecular formula is C10H13BN2O2. The number of carbonyl (C=O) groups is 1. The first-order valence-corrected chi connectivity index (χ1v) is 4.61. The van der Waals surface area contributed by atoms with Gasteiger partial charge in [0, 0.05) is 7.05 Å². The van der Waals surface area contributed by atoms with Gasteiger partial charge in [-0.25, -0.2) is 5.06 Å². The Kier molecular flexibility index (Phi) is 4.33. The summed E-state index contributed by atoms with van der Waals surface area (Å²) in [5.74, 6) is -0.457. The molecule has 0 bridgehead atoms. The van der Waals surface area contributed by atoms with Crippen LogP contribution in [0.15, 0.2) is 30.3 Å². The van der Waals surface area contributed by atoms with Crippen molar-refractivity contribution in [1.29, 1.82) is 0 Å². The van der Waals surface area contributed by atoms with Gasteiger partial charge in [0.15, 0.2) is 7.98 Å². The fourth-order valence-corrected chi connectivity index (χ4v) is 1.29. The topological polar surface area (TPSA) is 52.6 Å². The maximum atomic E-state index is 11.4. The molecule has 1 atom stereocenters. The van der Waals surface area contributed by atoms with Gasteiger partial charge in [-0.1, -0.05) is 30.3 Å². The Hall–Kier alpha value is -1.33. The normalized spacial score (nSPS) is 12.1. The van der Waals surface area contributed by atoms with Gasteiger partial charge < -0.3 is 5.23 Å². The number of benzene rings is 1. The van der Waals surface area contributed by atoms with Gasteiger partial charge in [-0.2, -0.15) is 0 Å². The second kappa shape index (κ2) is 5.53. The summed E-state index contributed by atoms with van der Waals surface area (Å²) in [6.07, 6.45) is 0.446. The largest absolute Gasteiger partial charge is 0.356 e. The molecule has 2 N–H and O–H groups in total. The molecule has 0 aliphatic rings. The number of hydrogen-bond acceptors (Lipinski definition) is 3. The minimum atomic E-state index is -0.609. The molecule has 78 valence electrons. The van der Waals surface area contributed by atoms with Crippen LogP contribution in [0.25, 0.3) is 0 Å². The number of carbonyl (C=O) groups excluding carboxylic acids is 1. The fourth-order valence-electron chi connectivity index (χ4n) is 1.29. The van der Waals surface area contributed by atoms with Crippen LogP contribution < -0.4 is 5.23 Å². The molecular weight excluding hydrogens is 191 g/mol. The number of nitrogens with one attached hydrogen (secondary N) is 1. The first-order valence-electron chi connectivity index (χ1n) is 4.61. The average molecular weight is 204 g/mol. The number of rotatable bonds is 4. The summed E-state index contributed by atoms with van der Waals surface area (Å²) >= 11 is 0. The zero-order valence-corrected chi connectivity index (χ0v) is 8.55. The van der Waals surface area contributed by atoms with E-state index in [0.29, 0.717) is 11.5 Å². The molecule has 1 aromatic carbocycles. The number of amides is 1. The van der Waals surface area contributed by atoms with Gasteiger partial charge in [0.05, 0.1) is 6.04 Å². The summed E-state index contributed by atoms with van der Waals surface area (Å²) in [5.41, 5.74) is 0.982. The van der Waals surface area contributed by atoms with Gasteiger partial charge in [0.1, 0.15) is 0 Å². The second-order valence-electron chi connectivity index (χ2n) is 3.27. The molecule has 0 aliphatic heterocycles. The van der Waals surface area contributed by atoms with Crippen molar-refractivity contribution in [2.75, 3.05) is 7.05 Å². The Labute approximate surface area is 90.3 Å². The smallest absolute Gasteiger partial charge is 0.262 e. The van der Waals surface area contributed by atoms with Crippen molar-refractivity contribution in [3.63, 3.8) is 0 Å². The maximum absolute atomic E-state index is 11.4. The predicted octanol–water partition coefficient (Wildman–Crippen LogP) is 0.118. The third kappa shape index (κ3) is 3.38. The minimum Gasteiger partial charge on any atom is -0.356 e. The van der Waals surface area contributed by atoms with Gasteiger partial charge in [0.25, 0.3) is 5.91 Å². The van der Waals surface area contributed by atoms with Crippen LogP contribution in [0.5, 0.6) is 0 Å². The van der Waals surface area contributed by atoms with Crippen LogP contribution in [0.3, 0.4) is 0 Å². The third-order valence-corrected chi connectivity index (χ3v) is 2.10. The van der Waals surface area contributed by atoms with Crippen LogP contribution in [0, 0.1) is 0 Å². The number of nitrogens with zero attached hydrogens (tertiary/aromatic N) is 1. The van der Waals surface area contributed by atoms with Crippen LogP contribution in [-0.2, 0) is 11.2 Å². The van der Waals surface area contributed by atoms with Crippen molar-refractivity contribution < 1.29 is 10.0 Å². The molecule has 15 heavy (non-hydrogen) atoms. The van der Waals surface area contributed by atoms with Crippen LogP contribution in [0.4, 0.5) is 0 Å². The molecule has 0 spiro atoms. The highest BCUT2D eigenvalue weighted by molar-refractivity contribution is 6.06. The fraction of sp³-hybridized carbons (Fsp3) is 0.300. The van der Waals surface area contributed by atoms with Crippen molar-refractivity contribution in [2.24, 2.45) is 0 Å². The lowest BCUT2D eigenvalue weighted by atomic mass is 10.0. The average Bonchev–Trinajstić information content (AvgIpc) is 2.26. The molecule has 0 unspecified atom stereocenters. The monoisotopic (exact) mass is 204 g/mol. The van der Waals surface area contributed by atoms with Crippen molar-refractivity contribution >= 4 is 13.9 Å². The summed E-state index contributed by atoms with van der Waals surface area (Å²) in [6, 6.07) is 8.85. The highest BCUT2D eigenvalue weighted by Gasteiger charge is 2.18. The van der Waals surface area contributed by atoms with E-state index in [1.54, 1.807) is 0 Å². The molecule has 0 saturated carbocycles. The molecule has 0 fully saturated rings. The summed E-state index contributed by atoms with van der Waals surface area (Å²) in [4.78, 5) is 11.4. The molecule has 0 saturated heterocycles. The van der Waals surface area contributed by atoms with E-state index in [9.17, 15) is 4.79 Å². The molecule has 2 radical (unpaired) electrons. The lowest BCUT2D eigenvalue weighted by Crippen LogP contribution is -2.44. The van der Waals surface area contributed by atoms with Crippen molar-refractivity contribution in [2.45, 2.75) is 12.5 Å². The molecule has 1 amide bonds. The molecule has 0 aliphatic carbocycles. The lowest BCUT2D eigenvalue weighted by Gasteiger charge is -2.18. The molecule has 1 aromatic rings. The van der Waals surface area contributed by atoms with E-state index < -0.39 is 11.9 Å². The molecule has 4 nitrogen and oxygen atoms in total. The molecule has 0 heterocycles. The number of hydroxylamine groups is 2. The van der Waals surface area contributed by atoms with E-state index in [0.717, 1.165) is 5.56 Å². The van der Waals surface area contributed by atoms with Gasteiger partial charge in [-0.05, 0) is 12.0 Å². The Balaban J connectivity index is 2.66. The highest BCUT2D eigenvalue weighted by atomic mass is 16.5. The van der Waals surface area contributed by atoms with Crippen LogP contribution in [0.2, 0.25) is 0 Å². The third-order valence-electron chi connectivity index (χ3n) is 2.10. The Morgan fingerprint density at radius 3 is 2.60 bits per heavy atom. The second-order valence-corrected chi connectivity index (χ2v) is 3.27.